The lowest BCUT2D eigenvalue weighted by Gasteiger charge is -2.17. The Morgan fingerprint density at radius 3 is 2.94 bits per heavy atom. The first-order valence-corrected chi connectivity index (χ1v) is 5.28. The van der Waals surface area contributed by atoms with Crippen molar-refractivity contribution in [3.8, 4) is 0 Å². The highest BCUT2D eigenvalue weighted by atomic mass is 16.4. The lowest BCUT2D eigenvalue weighted by atomic mass is 10.0. The van der Waals surface area contributed by atoms with Crippen LogP contribution in [0.1, 0.15) is 11.7 Å². The zero-order valence-corrected chi connectivity index (χ0v) is 9.42. The molecule has 0 fully saturated rings. The normalized spacial score (nSPS) is 15.0. The fourth-order valence-corrected chi connectivity index (χ4v) is 1.69. The van der Waals surface area contributed by atoms with E-state index in [4.69, 9.17) is 10.2 Å². The smallest absolute Gasteiger partial charge is 0.292 e. The molecule has 0 spiro atoms. The molecule has 0 bridgehead atoms. The van der Waals surface area contributed by atoms with Gasteiger partial charge in [-0.3, -0.25) is 0 Å². The van der Waals surface area contributed by atoms with Gasteiger partial charge in [0.05, 0.1) is 6.10 Å². The Bertz CT molecular complexity index is 512. The fraction of sp³-hybridized carbons (Fsp3) is 0.364. The predicted octanol–water partition coefficient (Wildman–Crippen LogP) is 0.0237. The van der Waals surface area contributed by atoms with Gasteiger partial charge < -0.3 is 25.7 Å². The summed E-state index contributed by atoms with van der Waals surface area (Å²) in [5, 5.41) is 22.4. The van der Waals surface area contributed by atoms with E-state index in [-0.39, 0.29) is 6.01 Å². The number of hydrogen-bond donors (Lipinski definition) is 4. The van der Waals surface area contributed by atoms with Gasteiger partial charge in [0, 0.05) is 6.54 Å². The van der Waals surface area contributed by atoms with Gasteiger partial charge in [-0.1, -0.05) is 6.07 Å². The quantitative estimate of drug-likeness (QED) is 0.597. The van der Waals surface area contributed by atoms with Gasteiger partial charge in [-0.15, -0.1) is 0 Å². The predicted molar refractivity (Wildman–Crippen MR) is 63.3 cm³/mol. The minimum absolute atomic E-state index is 0.0856. The number of nitrogen functional groups attached to an aromatic ring is 1. The Morgan fingerprint density at radius 1 is 1.47 bits per heavy atom. The lowest BCUT2D eigenvalue weighted by molar-refractivity contribution is 0.0203. The van der Waals surface area contributed by atoms with Crippen LogP contribution in [-0.4, -0.2) is 34.9 Å². The van der Waals surface area contributed by atoms with Crippen LogP contribution in [0.3, 0.4) is 0 Å². The zero-order valence-electron chi connectivity index (χ0n) is 9.42. The van der Waals surface area contributed by atoms with Crippen LogP contribution < -0.4 is 11.1 Å². The molecule has 6 nitrogen and oxygen atoms in total. The lowest BCUT2D eigenvalue weighted by Crippen LogP contribution is -2.29. The summed E-state index contributed by atoms with van der Waals surface area (Å²) in [5.41, 5.74) is 7.12. The van der Waals surface area contributed by atoms with Crippen molar-refractivity contribution in [3.63, 3.8) is 0 Å². The number of aliphatic hydroxyl groups is 2. The van der Waals surface area contributed by atoms with Crippen LogP contribution in [0.2, 0.25) is 0 Å². The van der Waals surface area contributed by atoms with Crippen molar-refractivity contribution in [2.24, 2.45) is 0 Å². The summed E-state index contributed by atoms with van der Waals surface area (Å²) in [6.45, 7) is 0.306. The van der Waals surface area contributed by atoms with Crippen molar-refractivity contribution in [1.82, 2.24) is 10.3 Å². The number of rotatable bonds is 4. The van der Waals surface area contributed by atoms with E-state index in [1.54, 1.807) is 25.2 Å². The highest BCUT2D eigenvalue weighted by Gasteiger charge is 2.18. The molecule has 2 unspecified atom stereocenters. The van der Waals surface area contributed by atoms with Crippen molar-refractivity contribution in [1.29, 1.82) is 0 Å². The molecule has 1 aromatic carbocycles. The van der Waals surface area contributed by atoms with Gasteiger partial charge in [-0.05, 0) is 24.7 Å². The maximum absolute atomic E-state index is 9.91. The number of anilines is 1. The van der Waals surface area contributed by atoms with Crippen LogP contribution >= 0.6 is 0 Å². The van der Waals surface area contributed by atoms with Crippen molar-refractivity contribution < 1.29 is 14.6 Å². The van der Waals surface area contributed by atoms with Crippen molar-refractivity contribution in [3.05, 3.63) is 23.8 Å². The number of nitrogens with one attached hydrogen (secondary N) is 1. The highest BCUT2D eigenvalue weighted by Crippen LogP contribution is 2.23. The Hall–Kier alpha value is -1.63. The second-order valence-electron chi connectivity index (χ2n) is 3.85. The molecular weight excluding hydrogens is 222 g/mol. The Labute approximate surface area is 98.1 Å². The van der Waals surface area contributed by atoms with E-state index in [0.717, 1.165) is 0 Å². The molecule has 17 heavy (non-hydrogen) atoms. The summed E-state index contributed by atoms with van der Waals surface area (Å²) >= 11 is 0. The summed E-state index contributed by atoms with van der Waals surface area (Å²) in [5.74, 6) is 0. The Morgan fingerprint density at radius 2 is 2.24 bits per heavy atom. The number of nitrogens with zero attached hydrogens (tertiary/aromatic N) is 1. The average Bonchev–Trinajstić information content (AvgIpc) is 2.67. The number of aliphatic hydroxyl groups excluding tert-OH is 2. The SMILES string of the molecule is CNCC(O)C(O)c1ccc2oc(N)nc2c1. The van der Waals surface area contributed by atoms with Crippen LogP contribution in [0.25, 0.3) is 11.1 Å². The van der Waals surface area contributed by atoms with E-state index in [1.165, 1.54) is 0 Å². The third-order valence-corrected chi connectivity index (χ3v) is 2.55. The molecule has 2 aromatic rings. The monoisotopic (exact) mass is 237 g/mol. The van der Waals surface area contributed by atoms with E-state index in [2.05, 4.69) is 10.3 Å². The molecule has 0 saturated heterocycles. The van der Waals surface area contributed by atoms with E-state index in [1.807, 2.05) is 0 Å². The average molecular weight is 237 g/mol. The molecule has 0 aliphatic carbocycles. The molecule has 0 amide bonds. The molecule has 1 heterocycles. The van der Waals surface area contributed by atoms with Crippen LogP contribution in [0, 0.1) is 0 Å². The number of aromatic nitrogens is 1. The first kappa shape index (κ1) is 11.8. The van der Waals surface area contributed by atoms with E-state index in [9.17, 15) is 10.2 Å². The second kappa shape index (κ2) is 4.70. The van der Waals surface area contributed by atoms with Gasteiger partial charge in [0.15, 0.2) is 5.58 Å². The van der Waals surface area contributed by atoms with E-state index in [0.29, 0.717) is 23.2 Å². The highest BCUT2D eigenvalue weighted by molar-refractivity contribution is 5.75. The number of hydrogen-bond acceptors (Lipinski definition) is 6. The fourth-order valence-electron chi connectivity index (χ4n) is 1.69. The molecule has 92 valence electrons. The summed E-state index contributed by atoms with van der Waals surface area (Å²) in [6, 6.07) is 5.08. The molecule has 1 aromatic heterocycles. The molecule has 6 heteroatoms. The minimum Gasteiger partial charge on any atom is -0.424 e. The molecule has 0 radical (unpaired) electrons. The first-order chi connectivity index (χ1) is 8.11. The Kier molecular flexibility index (Phi) is 3.28. The maximum atomic E-state index is 9.91. The first-order valence-electron chi connectivity index (χ1n) is 5.28. The molecule has 0 saturated carbocycles. The van der Waals surface area contributed by atoms with Crippen molar-refractivity contribution >= 4 is 17.1 Å². The van der Waals surface area contributed by atoms with Gasteiger partial charge in [-0.2, -0.15) is 4.98 Å². The standard InChI is InChI=1S/C11H15N3O3/c1-13-5-8(15)10(16)6-2-3-9-7(4-6)14-11(12)17-9/h2-4,8,10,13,15-16H,5H2,1H3,(H2,12,14). The molecular formula is C11H15N3O3. The largest absolute Gasteiger partial charge is 0.424 e. The maximum Gasteiger partial charge on any atom is 0.292 e. The van der Waals surface area contributed by atoms with Gasteiger partial charge >= 0.3 is 0 Å². The van der Waals surface area contributed by atoms with Gasteiger partial charge in [0.25, 0.3) is 6.01 Å². The molecule has 0 aliphatic heterocycles. The summed E-state index contributed by atoms with van der Waals surface area (Å²) < 4.78 is 5.12. The van der Waals surface area contributed by atoms with E-state index >= 15 is 0 Å². The number of benzene rings is 1. The zero-order chi connectivity index (χ0) is 12.4. The molecule has 2 atom stereocenters. The third-order valence-electron chi connectivity index (χ3n) is 2.55. The summed E-state index contributed by atoms with van der Waals surface area (Å²) in [7, 11) is 1.71. The van der Waals surface area contributed by atoms with E-state index < -0.39 is 12.2 Å². The molecule has 5 N–H and O–H groups in total. The number of oxazole rings is 1. The van der Waals surface area contributed by atoms with Crippen LogP contribution in [0.5, 0.6) is 0 Å². The van der Waals surface area contributed by atoms with Crippen LogP contribution in [0.15, 0.2) is 22.6 Å². The van der Waals surface area contributed by atoms with Crippen molar-refractivity contribution in [2.75, 3.05) is 19.3 Å². The number of fused-ring (bicyclic) bond motifs is 1. The summed E-state index contributed by atoms with van der Waals surface area (Å²) in [4.78, 5) is 3.96. The van der Waals surface area contributed by atoms with Crippen molar-refractivity contribution in [2.45, 2.75) is 12.2 Å². The Balaban J connectivity index is 2.28. The van der Waals surface area contributed by atoms with Gasteiger partial charge in [-0.25, -0.2) is 0 Å². The van der Waals surface area contributed by atoms with Gasteiger partial charge in [0.1, 0.15) is 11.6 Å². The minimum atomic E-state index is -0.968. The van der Waals surface area contributed by atoms with Crippen LogP contribution in [0.4, 0.5) is 6.01 Å². The topological polar surface area (TPSA) is 105 Å². The number of nitrogens with two attached hydrogens (primary N) is 1. The van der Waals surface area contributed by atoms with Crippen LogP contribution in [-0.2, 0) is 0 Å². The third kappa shape index (κ3) is 2.38. The molecule has 2 rings (SSSR count). The number of likely N-dealkylation sites (N-methyl/N-ethyl adjacent to an activating group) is 1. The second-order valence-corrected chi connectivity index (χ2v) is 3.85. The summed E-state index contributed by atoms with van der Waals surface area (Å²) in [6.07, 6.45) is -1.84. The van der Waals surface area contributed by atoms with Gasteiger partial charge in [0.2, 0.25) is 0 Å². The molecule has 0 aliphatic rings.